The van der Waals surface area contributed by atoms with E-state index in [0.29, 0.717) is 0 Å². The molecule has 0 aliphatic rings. The summed E-state index contributed by atoms with van der Waals surface area (Å²) in [6.45, 7) is 2.10. The SMILES string of the molecule is Cc1c(Br)cc(CCCCc2ccc(C(=O)c3ccccc3)cc2)cc1Br. The molecular formula is C24H22Br2O. The van der Waals surface area contributed by atoms with Crippen LogP contribution in [0, 0.1) is 6.92 Å². The Kier molecular flexibility index (Phi) is 7.03. The normalized spacial score (nSPS) is 10.8. The lowest BCUT2D eigenvalue weighted by molar-refractivity contribution is 0.103. The first-order chi connectivity index (χ1) is 13.0. The summed E-state index contributed by atoms with van der Waals surface area (Å²) < 4.78 is 2.32. The molecule has 1 nitrogen and oxygen atoms in total. The maximum absolute atomic E-state index is 12.4. The highest BCUT2D eigenvalue weighted by molar-refractivity contribution is 9.11. The van der Waals surface area contributed by atoms with Gasteiger partial charge in [-0.2, -0.15) is 0 Å². The Balaban J connectivity index is 1.51. The first-order valence-electron chi connectivity index (χ1n) is 9.18. The Morgan fingerprint density at radius 2 is 1.26 bits per heavy atom. The number of ketones is 1. The zero-order valence-electron chi connectivity index (χ0n) is 15.3. The summed E-state index contributed by atoms with van der Waals surface area (Å²) in [6, 6.07) is 21.9. The molecule has 3 heteroatoms. The predicted octanol–water partition coefficient (Wildman–Crippen LogP) is 7.32. The van der Waals surface area contributed by atoms with E-state index in [1.807, 2.05) is 42.5 Å². The lowest BCUT2D eigenvalue weighted by Gasteiger charge is -2.08. The van der Waals surface area contributed by atoms with Gasteiger partial charge in [0.15, 0.2) is 5.78 Å². The van der Waals surface area contributed by atoms with Crippen LogP contribution >= 0.6 is 31.9 Å². The van der Waals surface area contributed by atoms with Crippen LogP contribution in [0.1, 0.15) is 45.5 Å². The van der Waals surface area contributed by atoms with Gasteiger partial charge in [-0.3, -0.25) is 4.79 Å². The van der Waals surface area contributed by atoms with E-state index in [0.717, 1.165) is 45.8 Å². The van der Waals surface area contributed by atoms with Crippen molar-refractivity contribution >= 4 is 37.6 Å². The van der Waals surface area contributed by atoms with E-state index in [1.165, 1.54) is 16.7 Å². The molecule has 0 bridgehead atoms. The second kappa shape index (κ2) is 9.48. The third-order valence-corrected chi connectivity index (χ3v) is 6.42. The Bertz CT molecular complexity index is 892. The van der Waals surface area contributed by atoms with E-state index in [4.69, 9.17) is 0 Å². The highest BCUT2D eigenvalue weighted by Crippen LogP contribution is 2.27. The highest BCUT2D eigenvalue weighted by Gasteiger charge is 2.08. The molecule has 0 aliphatic carbocycles. The Labute approximate surface area is 178 Å². The molecule has 0 amide bonds. The quantitative estimate of drug-likeness (QED) is 0.253. The molecule has 0 N–H and O–H groups in total. The van der Waals surface area contributed by atoms with Crippen molar-refractivity contribution in [3.8, 4) is 0 Å². The number of aryl methyl sites for hydroxylation is 2. The average molecular weight is 486 g/mol. The van der Waals surface area contributed by atoms with Crippen LogP contribution in [0.2, 0.25) is 0 Å². The van der Waals surface area contributed by atoms with Gasteiger partial charge in [-0.25, -0.2) is 0 Å². The molecule has 0 fully saturated rings. The first-order valence-corrected chi connectivity index (χ1v) is 10.8. The number of carbonyl (C=O) groups is 1. The Morgan fingerprint density at radius 1 is 0.741 bits per heavy atom. The predicted molar refractivity (Wildman–Crippen MR) is 120 cm³/mol. The summed E-state index contributed by atoms with van der Waals surface area (Å²) in [6.07, 6.45) is 4.39. The van der Waals surface area contributed by atoms with Crippen LogP contribution in [0.5, 0.6) is 0 Å². The largest absolute Gasteiger partial charge is 0.289 e. The van der Waals surface area contributed by atoms with Gasteiger partial charge in [0.05, 0.1) is 0 Å². The van der Waals surface area contributed by atoms with Gasteiger partial charge in [0.1, 0.15) is 0 Å². The van der Waals surface area contributed by atoms with Crippen molar-refractivity contribution in [2.75, 3.05) is 0 Å². The van der Waals surface area contributed by atoms with E-state index in [1.54, 1.807) is 0 Å². The van der Waals surface area contributed by atoms with Crippen LogP contribution in [0.15, 0.2) is 75.7 Å². The average Bonchev–Trinajstić information content (AvgIpc) is 2.70. The molecule has 3 aromatic rings. The Morgan fingerprint density at radius 3 is 1.85 bits per heavy atom. The maximum atomic E-state index is 12.4. The third-order valence-electron chi connectivity index (χ3n) is 4.77. The van der Waals surface area contributed by atoms with E-state index < -0.39 is 0 Å². The van der Waals surface area contributed by atoms with Gasteiger partial charge in [-0.15, -0.1) is 0 Å². The summed E-state index contributed by atoms with van der Waals surface area (Å²) in [7, 11) is 0. The van der Waals surface area contributed by atoms with E-state index >= 15 is 0 Å². The minimum atomic E-state index is 0.0812. The van der Waals surface area contributed by atoms with Crippen LogP contribution in [0.3, 0.4) is 0 Å². The molecule has 0 radical (unpaired) electrons. The summed E-state index contributed by atoms with van der Waals surface area (Å²) >= 11 is 7.24. The monoisotopic (exact) mass is 484 g/mol. The molecule has 0 spiro atoms. The molecule has 3 aromatic carbocycles. The molecule has 0 aliphatic heterocycles. The minimum Gasteiger partial charge on any atom is -0.289 e. The van der Waals surface area contributed by atoms with Crippen LogP contribution in [0.4, 0.5) is 0 Å². The second-order valence-electron chi connectivity index (χ2n) is 6.78. The van der Waals surface area contributed by atoms with Gasteiger partial charge in [-0.05, 0) is 61.4 Å². The minimum absolute atomic E-state index is 0.0812. The van der Waals surface area contributed by atoms with Gasteiger partial charge >= 0.3 is 0 Å². The van der Waals surface area contributed by atoms with Crippen molar-refractivity contribution in [1.29, 1.82) is 0 Å². The molecule has 27 heavy (non-hydrogen) atoms. The fourth-order valence-electron chi connectivity index (χ4n) is 3.08. The standard InChI is InChI=1S/C24H22Br2O/c1-17-22(25)15-19(16-23(17)26)8-6-5-7-18-11-13-21(14-12-18)24(27)20-9-3-2-4-10-20/h2-4,9-16H,5-8H2,1H3. The van der Waals surface area contributed by atoms with E-state index in [9.17, 15) is 4.79 Å². The Hall–Kier alpha value is -1.71. The van der Waals surface area contributed by atoms with Gasteiger partial charge in [0, 0.05) is 20.1 Å². The zero-order chi connectivity index (χ0) is 19.2. The number of hydrogen-bond donors (Lipinski definition) is 0. The lowest BCUT2D eigenvalue weighted by atomic mass is 9.99. The maximum Gasteiger partial charge on any atom is 0.193 e. The smallest absolute Gasteiger partial charge is 0.193 e. The topological polar surface area (TPSA) is 17.1 Å². The summed E-state index contributed by atoms with van der Waals surface area (Å²) in [5, 5.41) is 0. The molecule has 0 heterocycles. The number of carbonyl (C=O) groups excluding carboxylic acids is 1. The van der Waals surface area contributed by atoms with Crippen molar-refractivity contribution < 1.29 is 4.79 Å². The molecule has 0 saturated heterocycles. The summed E-state index contributed by atoms with van der Waals surface area (Å²) in [4.78, 5) is 12.4. The molecule has 0 aromatic heterocycles. The van der Waals surface area contributed by atoms with Crippen molar-refractivity contribution in [3.63, 3.8) is 0 Å². The van der Waals surface area contributed by atoms with Gasteiger partial charge in [-0.1, -0.05) is 86.5 Å². The van der Waals surface area contributed by atoms with Gasteiger partial charge < -0.3 is 0 Å². The van der Waals surface area contributed by atoms with Gasteiger partial charge in [0.2, 0.25) is 0 Å². The van der Waals surface area contributed by atoms with Gasteiger partial charge in [0.25, 0.3) is 0 Å². The first kappa shape index (κ1) is 20.0. The third kappa shape index (κ3) is 5.40. The van der Waals surface area contributed by atoms with Crippen molar-refractivity contribution in [3.05, 3.63) is 103 Å². The molecule has 138 valence electrons. The van der Waals surface area contributed by atoms with Crippen LogP contribution in [-0.2, 0) is 12.8 Å². The van der Waals surface area contributed by atoms with Crippen molar-refractivity contribution in [1.82, 2.24) is 0 Å². The van der Waals surface area contributed by atoms with Crippen LogP contribution in [0.25, 0.3) is 0 Å². The number of rotatable bonds is 7. The van der Waals surface area contributed by atoms with Crippen LogP contribution in [-0.4, -0.2) is 5.78 Å². The van der Waals surface area contributed by atoms with E-state index in [2.05, 4.69) is 63.0 Å². The molecule has 3 rings (SSSR count). The summed E-state index contributed by atoms with van der Waals surface area (Å²) in [5.41, 5.74) is 5.36. The second-order valence-corrected chi connectivity index (χ2v) is 8.49. The van der Waals surface area contributed by atoms with Crippen molar-refractivity contribution in [2.24, 2.45) is 0 Å². The van der Waals surface area contributed by atoms with Crippen molar-refractivity contribution in [2.45, 2.75) is 32.6 Å². The number of halogens is 2. The molecule has 0 unspecified atom stereocenters. The number of unbranched alkanes of at least 4 members (excludes halogenated alkanes) is 1. The zero-order valence-corrected chi connectivity index (χ0v) is 18.5. The fourth-order valence-corrected chi connectivity index (χ4v) is 4.36. The highest BCUT2D eigenvalue weighted by atomic mass is 79.9. The molecule has 0 saturated carbocycles. The fraction of sp³-hybridized carbons (Fsp3) is 0.208. The molecule has 0 atom stereocenters. The number of hydrogen-bond acceptors (Lipinski definition) is 1. The number of benzene rings is 3. The van der Waals surface area contributed by atoms with E-state index in [-0.39, 0.29) is 5.78 Å². The van der Waals surface area contributed by atoms with Crippen LogP contribution < -0.4 is 0 Å². The lowest BCUT2D eigenvalue weighted by Crippen LogP contribution is -2.01. The molecular weight excluding hydrogens is 464 g/mol. The summed E-state index contributed by atoms with van der Waals surface area (Å²) in [5.74, 6) is 0.0812.